The van der Waals surface area contributed by atoms with E-state index in [0.29, 0.717) is 46.2 Å². The molecular formula is C112H117N29O3S2. The Morgan fingerprint density at radius 1 is 0.322 bits per heavy atom. The second-order valence-corrected chi connectivity index (χ2v) is 37.6. The summed E-state index contributed by atoms with van der Waals surface area (Å²) in [4.78, 5) is 110. The van der Waals surface area contributed by atoms with E-state index < -0.39 is 0 Å². The number of aromatic amines is 9. The topological polar surface area (TPSA) is 533 Å². The van der Waals surface area contributed by atoms with Gasteiger partial charge in [-0.2, -0.15) is 16.4 Å². The van der Waals surface area contributed by atoms with Gasteiger partial charge < -0.3 is 79.4 Å². The van der Waals surface area contributed by atoms with E-state index in [1.807, 2.05) is 97.1 Å². The number of thiophene rings is 2. The summed E-state index contributed by atoms with van der Waals surface area (Å²) < 4.78 is 0. The molecule has 6 aromatic carbocycles. The van der Waals surface area contributed by atoms with Gasteiger partial charge in [-0.15, -0.1) is 11.3 Å². The zero-order valence-corrected chi connectivity index (χ0v) is 83.1. The number of aliphatic hydroxyl groups excluding tert-OH is 1. The molecule has 0 radical (unpaired) electrons. The Hall–Kier alpha value is -17.0. The largest absolute Gasteiger partial charge is 0.390 e. The molecule has 0 saturated carbocycles. The lowest BCUT2D eigenvalue weighted by Crippen LogP contribution is -2.06. The molecule has 0 aliphatic carbocycles. The minimum atomic E-state index is -0.131. The molecule has 24 aromatic rings. The van der Waals surface area contributed by atoms with Gasteiger partial charge in [-0.05, 0) is 198 Å². The molecule has 0 spiro atoms. The second-order valence-electron chi connectivity index (χ2n) is 35.9. The van der Waals surface area contributed by atoms with Crippen molar-refractivity contribution < 1.29 is 5.11 Å². The number of nitrogen functional groups attached to an aromatic ring is 6. The lowest BCUT2D eigenvalue weighted by Gasteiger charge is -2.06. The van der Waals surface area contributed by atoms with Crippen LogP contribution in [0.4, 0.5) is 34.9 Å². The zero-order valence-electron chi connectivity index (χ0n) is 81.4. The number of rotatable bonds is 25. The van der Waals surface area contributed by atoms with Crippen LogP contribution in [-0.4, -0.2) is 120 Å². The molecule has 32 nitrogen and oxygen atoms in total. The highest BCUT2D eigenvalue weighted by Crippen LogP contribution is 2.39. The normalized spacial score (nSPS) is 11.4. The molecule has 0 aliphatic heterocycles. The van der Waals surface area contributed by atoms with Crippen LogP contribution in [0.1, 0.15) is 167 Å². The number of imidazole rings is 6. The average molecular weight is 1980 g/mol. The van der Waals surface area contributed by atoms with E-state index >= 15 is 0 Å². The number of nitrogens with two attached hydrogens (primary N) is 6. The Morgan fingerprint density at radius 2 is 0.685 bits per heavy atom. The minimum absolute atomic E-state index is 0. The number of pyridine rings is 9. The Labute approximate surface area is 847 Å². The van der Waals surface area contributed by atoms with Crippen molar-refractivity contribution in [2.75, 3.05) is 34.4 Å². The molecule has 0 amide bonds. The van der Waals surface area contributed by atoms with E-state index in [0.717, 1.165) is 327 Å². The summed E-state index contributed by atoms with van der Waals surface area (Å²) in [5.74, 6) is 8.63. The van der Waals surface area contributed by atoms with E-state index in [-0.39, 0.29) is 25.2 Å². The van der Waals surface area contributed by atoms with Crippen molar-refractivity contribution >= 4 is 189 Å². The van der Waals surface area contributed by atoms with Crippen LogP contribution in [0.25, 0.3) is 198 Å². The summed E-state index contributed by atoms with van der Waals surface area (Å²) in [5.41, 5.74) is 62.7. The maximum atomic E-state index is 12.0. The van der Waals surface area contributed by atoms with E-state index in [1.54, 1.807) is 59.3 Å². The first kappa shape index (κ1) is 99.2. The van der Waals surface area contributed by atoms with Crippen LogP contribution in [0.5, 0.6) is 0 Å². The number of nitrogens with one attached hydrogen (secondary N) is 9. The van der Waals surface area contributed by atoms with Gasteiger partial charge in [-0.3, -0.25) is 19.7 Å². The van der Waals surface area contributed by atoms with Crippen molar-refractivity contribution in [1.29, 1.82) is 0 Å². The summed E-state index contributed by atoms with van der Waals surface area (Å²) in [6, 6.07) is 58.9. The Bertz CT molecular complexity index is 8510. The second kappa shape index (κ2) is 44.7. The summed E-state index contributed by atoms with van der Waals surface area (Å²) in [5, 5.41) is 28.5. The maximum Gasteiger partial charge on any atom is 0.255 e. The van der Waals surface area contributed by atoms with Crippen LogP contribution in [0, 0.1) is 0 Å². The number of aromatic nitrogens is 23. The Balaban J connectivity index is 0.000000115. The summed E-state index contributed by atoms with van der Waals surface area (Å²) in [6.45, 7) is 12.9. The Kier molecular flexibility index (Phi) is 30.3. The molecule has 0 atom stereocenters. The van der Waals surface area contributed by atoms with Crippen LogP contribution >= 0.6 is 22.7 Å². The van der Waals surface area contributed by atoms with Gasteiger partial charge in [-0.1, -0.05) is 142 Å². The zero-order chi connectivity index (χ0) is 100. The maximum absolute atomic E-state index is 12.0. The predicted molar refractivity (Wildman–Crippen MR) is 599 cm³/mol. The van der Waals surface area contributed by atoms with Crippen LogP contribution in [0.15, 0.2) is 220 Å². The van der Waals surface area contributed by atoms with Crippen LogP contribution in [0.2, 0.25) is 0 Å². The molecule has 0 unspecified atom stereocenters. The average Bonchev–Trinajstić information content (AvgIpc) is 1.72. The molecule has 0 aliphatic rings. The van der Waals surface area contributed by atoms with Gasteiger partial charge in [0.1, 0.15) is 136 Å². The first-order valence-corrected chi connectivity index (χ1v) is 51.1. The third-order valence-corrected chi connectivity index (χ3v) is 27.2. The molecule has 0 saturated heterocycles. The number of hydrogen-bond acceptors (Lipinski definition) is 25. The van der Waals surface area contributed by atoms with Crippen molar-refractivity contribution in [2.24, 2.45) is 0 Å². The van der Waals surface area contributed by atoms with Gasteiger partial charge in [0, 0.05) is 122 Å². The molecule has 0 bridgehead atoms. The fraction of sp³-hybridized carbons (Fsp3) is 0.232. The first-order valence-electron chi connectivity index (χ1n) is 49.3. The highest BCUT2D eigenvalue weighted by Gasteiger charge is 2.22. The fourth-order valence-electron chi connectivity index (χ4n) is 17.9. The number of aliphatic hydroxyl groups is 1. The highest BCUT2D eigenvalue weighted by molar-refractivity contribution is 7.13. The molecule has 740 valence electrons. The van der Waals surface area contributed by atoms with Crippen molar-refractivity contribution in [3.8, 4) is 66.5 Å². The first-order chi connectivity index (χ1) is 70.8. The van der Waals surface area contributed by atoms with Gasteiger partial charge >= 0.3 is 0 Å². The number of benzene rings is 6. The number of hydrogen-bond donors (Lipinski definition) is 16. The number of aryl methyl sites for hydroxylation is 6. The molecule has 18 aromatic heterocycles. The molecule has 24 rings (SSSR count). The van der Waals surface area contributed by atoms with Gasteiger partial charge in [0.2, 0.25) is 5.56 Å². The molecule has 22 N–H and O–H groups in total. The molecule has 146 heavy (non-hydrogen) atoms. The number of unbranched alkanes of at least 4 members (excludes halogenated alkanes) is 6. The van der Waals surface area contributed by atoms with E-state index in [1.165, 1.54) is 22.1 Å². The minimum Gasteiger partial charge on any atom is -0.390 e. The smallest absolute Gasteiger partial charge is 0.255 e. The number of nitrogens with zero attached hydrogens (tertiary/aromatic N) is 14. The monoisotopic (exact) mass is 1980 g/mol. The van der Waals surface area contributed by atoms with Gasteiger partial charge in [-0.25, -0.2) is 59.8 Å². The number of H-pyrrole nitrogens is 9. The van der Waals surface area contributed by atoms with E-state index in [2.05, 4.69) is 197 Å². The lowest BCUT2D eigenvalue weighted by molar-refractivity contribution is 0.277. The number of anilines is 6. The van der Waals surface area contributed by atoms with Crippen LogP contribution < -0.4 is 45.5 Å². The van der Waals surface area contributed by atoms with Crippen LogP contribution in [0.3, 0.4) is 0 Å². The molecule has 34 heteroatoms. The Morgan fingerprint density at radius 3 is 1.05 bits per heavy atom. The van der Waals surface area contributed by atoms with E-state index in [4.69, 9.17) is 64.3 Å². The molecule has 0 fully saturated rings. The van der Waals surface area contributed by atoms with Crippen molar-refractivity contribution in [1.82, 2.24) is 115 Å². The highest BCUT2D eigenvalue weighted by atomic mass is 32.1. The number of fused-ring (bicyclic) bond motifs is 18. The van der Waals surface area contributed by atoms with Gasteiger partial charge in [0.05, 0.1) is 56.8 Å². The standard InChI is InChI=1S/C20H21N5O.2C19H19N5O.2C18H18N4S.C17H18N6.CH4/c1-2-3-7-17-24-18-14-9-8-12(15-6-4-5-13(11-26)22-15)10-16(14)23-20(21)19(18)25-17;1-2-3-6-15-23-16-13-8-7-11(12-5-4-9-21-19(12)25)10-14(13)22-18(20)17(16)24-15;1-2-3-6-15-23-17-12-9-8-11(13-5-4-7-16(25)21-13)10-14(12)22-19(20)18(17)24-15;1-2-3-6-15-21-16-12-8-7-11(14-5-4-9-23-14)10-13(12)20-18(19)17(16)22-15;1-2-3-4-15-21-16-13-6-5-11(12-7-8-23-10-12)9-14(13)20-18(19)17(16)22-15;1-2-3-4-14-21-15-11-6-5-10(12-7-8-19-23-12)9-13(11)20-17(18)16(15)22-14;/h4-6,8-10,26H,2-3,7,11H2,1H3,(H2,21,23)(H,24,25);2*4-5,7-10H,2-3,6H2,1H3,(H2,20,22)(H,21,25)(H,23,24);4-5,7-10H,2-3,6H2,1H3,(H2,19,20)(H,21,22);5-10H,2-4H2,1H3,(H2,19,20)(H,21,22);5-9H,2-4H2,1H3,(H2,18,20)(H,19,23)(H,21,22);1H4. The summed E-state index contributed by atoms with van der Waals surface area (Å²) in [7, 11) is 0. The summed E-state index contributed by atoms with van der Waals surface area (Å²) in [6.07, 6.45) is 22.2. The lowest BCUT2D eigenvalue weighted by atomic mass is 10.0. The molecular weight excluding hydrogens is 1860 g/mol. The van der Waals surface area contributed by atoms with Crippen molar-refractivity contribution in [3.05, 3.63) is 272 Å². The van der Waals surface area contributed by atoms with Crippen molar-refractivity contribution in [3.63, 3.8) is 0 Å². The van der Waals surface area contributed by atoms with Crippen molar-refractivity contribution in [2.45, 2.75) is 171 Å². The summed E-state index contributed by atoms with van der Waals surface area (Å²) >= 11 is 3.42. The quantitative estimate of drug-likeness (QED) is 0.0253. The SMILES string of the molecule is C.CCCCc1nc2c([nH]1)c(N)nc1cc(-c3ccc[nH]c3=O)ccc12.CCCCc1nc2c([nH]1)c(N)nc1cc(-c3cccc(=O)[nH]3)ccc12.CCCCc1nc2c([nH]1)c(N)nc1cc(-c3cccc(CO)n3)ccc12.CCCCc1nc2c([nH]1)c(N)nc1cc(-c3cccs3)ccc12.CCCCc1nc2c([nH]1)c(N)nc1cc(-c3ccn[nH]3)ccc12.CCCCc1nc2c([nH]1)c(N)nc1cc(-c3ccsc3)ccc12. The molecule has 18 heterocycles. The fourth-order valence-corrected chi connectivity index (χ4v) is 19.3. The third kappa shape index (κ3) is 21.4. The predicted octanol–water partition coefficient (Wildman–Crippen LogP) is 24.0. The van der Waals surface area contributed by atoms with Gasteiger partial charge in [0.25, 0.3) is 5.56 Å². The van der Waals surface area contributed by atoms with Gasteiger partial charge in [0.15, 0.2) is 0 Å². The van der Waals surface area contributed by atoms with Crippen LogP contribution in [-0.2, 0) is 45.1 Å². The third-order valence-electron chi connectivity index (χ3n) is 25.6. The van der Waals surface area contributed by atoms with E-state index in [9.17, 15) is 14.7 Å².